The highest BCUT2D eigenvalue weighted by Gasteiger charge is 2.20. The molecule has 1 aromatic heterocycles. The minimum Gasteiger partial charge on any atom is -0.303 e. The molecule has 0 N–H and O–H groups in total. The van der Waals surface area contributed by atoms with Crippen LogP contribution in [0.25, 0.3) is 0 Å². The van der Waals surface area contributed by atoms with Gasteiger partial charge in [0.05, 0.1) is 6.54 Å². The van der Waals surface area contributed by atoms with Crippen LogP contribution in [0.2, 0.25) is 0 Å². The van der Waals surface area contributed by atoms with Crippen LogP contribution in [0, 0.1) is 12.7 Å². The van der Waals surface area contributed by atoms with E-state index in [2.05, 4.69) is 0 Å². The van der Waals surface area contributed by atoms with Gasteiger partial charge in [0.25, 0.3) is 5.91 Å². The number of benzene rings is 2. The van der Waals surface area contributed by atoms with Crippen LogP contribution in [0.3, 0.4) is 0 Å². The molecule has 4 heteroatoms. The van der Waals surface area contributed by atoms with Gasteiger partial charge in [0.2, 0.25) is 0 Å². The van der Waals surface area contributed by atoms with E-state index in [1.54, 1.807) is 28.4 Å². The molecule has 1 amide bonds. The lowest BCUT2D eigenvalue weighted by atomic mass is 10.1. The molecule has 0 unspecified atom stereocenters. The molecule has 2 aromatic carbocycles. The van der Waals surface area contributed by atoms with Crippen molar-refractivity contribution >= 4 is 22.9 Å². The van der Waals surface area contributed by atoms with Crippen molar-refractivity contribution < 1.29 is 9.18 Å². The second-order valence-electron chi connectivity index (χ2n) is 5.26. The van der Waals surface area contributed by atoms with Crippen LogP contribution >= 0.6 is 11.3 Å². The second-order valence-corrected chi connectivity index (χ2v) is 6.29. The van der Waals surface area contributed by atoms with Crippen molar-refractivity contribution in [3.8, 4) is 0 Å². The Morgan fingerprint density at radius 1 is 1.04 bits per heavy atom. The molecule has 0 saturated carbocycles. The topological polar surface area (TPSA) is 20.3 Å². The average molecular weight is 325 g/mol. The van der Waals surface area contributed by atoms with E-state index in [1.807, 2.05) is 48.7 Å². The maximum atomic E-state index is 13.2. The Balaban J connectivity index is 1.99. The van der Waals surface area contributed by atoms with Gasteiger partial charge in [-0.3, -0.25) is 4.79 Å². The Kier molecular flexibility index (Phi) is 4.53. The second kappa shape index (κ2) is 6.75. The summed E-state index contributed by atoms with van der Waals surface area (Å²) >= 11 is 1.60. The van der Waals surface area contributed by atoms with Crippen LogP contribution < -0.4 is 4.90 Å². The SMILES string of the molecule is Cc1ccccc1C(=O)N(Cc1cccs1)c1ccc(F)cc1. The Hall–Kier alpha value is -2.46. The summed E-state index contributed by atoms with van der Waals surface area (Å²) in [5.74, 6) is -0.392. The molecule has 0 aliphatic carbocycles. The third kappa shape index (κ3) is 3.48. The minimum atomic E-state index is -0.312. The number of halogens is 1. The molecule has 0 radical (unpaired) electrons. The maximum Gasteiger partial charge on any atom is 0.258 e. The highest BCUT2D eigenvalue weighted by atomic mass is 32.1. The minimum absolute atomic E-state index is 0.0805. The Morgan fingerprint density at radius 2 is 1.78 bits per heavy atom. The van der Waals surface area contributed by atoms with E-state index in [-0.39, 0.29) is 11.7 Å². The molecule has 0 spiro atoms. The number of nitrogens with zero attached hydrogens (tertiary/aromatic N) is 1. The van der Waals surface area contributed by atoms with Gasteiger partial charge in [-0.15, -0.1) is 11.3 Å². The highest BCUT2D eigenvalue weighted by Crippen LogP contribution is 2.23. The van der Waals surface area contributed by atoms with Crippen LogP contribution in [0.4, 0.5) is 10.1 Å². The Bertz CT molecular complexity index is 797. The van der Waals surface area contributed by atoms with Gasteiger partial charge >= 0.3 is 0 Å². The molecule has 3 aromatic rings. The van der Waals surface area contributed by atoms with Crippen LogP contribution in [-0.2, 0) is 6.54 Å². The summed E-state index contributed by atoms with van der Waals surface area (Å²) in [5.41, 5.74) is 2.28. The fourth-order valence-corrected chi connectivity index (χ4v) is 3.11. The summed E-state index contributed by atoms with van der Waals surface area (Å²) in [5, 5.41) is 1.98. The van der Waals surface area contributed by atoms with Gasteiger partial charge in [0.15, 0.2) is 0 Å². The van der Waals surface area contributed by atoms with E-state index >= 15 is 0 Å². The number of thiophene rings is 1. The number of carbonyl (C=O) groups is 1. The summed E-state index contributed by atoms with van der Waals surface area (Å²) in [6.07, 6.45) is 0. The van der Waals surface area contributed by atoms with Gasteiger partial charge in [-0.05, 0) is 54.3 Å². The average Bonchev–Trinajstić information content (AvgIpc) is 3.07. The first kappa shape index (κ1) is 15.4. The number of amides is 1. The van der Waals surface area contributed by atoms with Crippen LogP contribution in [0.15, 0.2) is 66.0 Å². The number of hydrogen-bond donors (Lipinski definition) is 0. The number of hydrogen-bond acceptors (Lipinski definition) is 2. The van der Waals surface area contributed by atoms with E-state index < -0.39 is 0 Å². The summed E-state index contributed by atoms with van der Waals surface area (Å²) in [7, 11) is 0. The fraction of sp³-hybridized carbons (Fsp3) is 0.105. The first-order chi connectivity index (χ1) is 11.1. The zero-order valence-electron chi connectivity index (χ0n) is 12.7. The molecule has 0 aliphatic heterocycles. The van der Waals surface area contributed by atoms with E-state index in [4.69, 9.17) is 0 Å². The normalized spacial score (nSPS) is 10.5. The Morgan fingerprint density at radius 3 is 2.43 bits per heavy atom. The van der Waals surface area contributed by atoms with Crippen LogP contribution in [0.1, 0.15) is 20.8 Å². The summed E-state index contributed by atoms with van der Waals surface area (Å²) in [6.45, 7) is 2.39. The molecule has 0 bridgehead atoms. The zero-order valence-corrected chi connectivity index (χ0v) is 13.5. The fourth-order valence-electron chi connectivity index (χ4n) is 2.42. The van der Waals surface area contributed by atoms with Gasteiger partial charge in [-0.2, -0.15) is 0 Å². The largest absolute Gasteiger partial charge is 0.303 e. The molecule has 0 saturated heterocycles. The first-order valence-corrected chi connectivity index (χ1v) is 8.18. The van der Waals surface area contributed by atoms with Crippen molar-refractivity contribution in [1.82, 2.24) is 0 Å². The molecule has 1 heterocycles. The summed E-state index contributed by atoms with van der Waals surface area (Å²) in [4.78, 5) is 15.8. The number of carbonyl (C=O) groups excluding carboxylic acids is 1. The lowest BCUT2D eigenvalue weighted by Gasteiger charge is -2.23. The maximum absolute atomic E-state index is 13.2. The standard InChI is InChI=1S/C19H16FNOS/c1-14-5-2-3-7-18(14)19(22)21(13-17-6-4-12-23-17)16-10-8-15(20)9-11-16/h2-12H,13H2,1H3. The van der Waals surface area contributed by atoms with Crippen molar-refractivity contribution in [3.05, 3.63) is 87.9 Å². The van der Waals surface area contributed by atoms with Crippen molar-refractivity contribution in [2.24, 2.45) is 0 Å². The predicted octanol–water partition coefficient (Wildman–Crippen LogP) is 5.04. The third-order valence-electron chi connectivity index (χ3n) is 3.65. The van der Waals surface area contributed by atoms with E-state index in [9.17, 15) is 9.18 Å². The van der Waals surface area contributed by atoms with Crippen molar-refractivity contribution in [1.29, 1.82) is 0 Å². The van der Waals surface area contributed by atoms with E-state index in [0.717, 1.165) is 10.4 Å². The highest BCUT2D eigenvalue weighted by molar-refractivity contribution is 7.09. The molecule has 0 fully saturated rings. The molecule has 2 nitrogen and oxygen atoms in total. The van der Waals surface area contributed by atoms with Crippen molar-refractivity contribution in [2.45, 2.75) is 13.5 Å². The summed E-state index contributed by atoms with van der Waals surface area (Å²) in [6, 6.07) is 17.5. The van der Waals surface area contributed by atoms with Gasteiger partial charge in [-0.1, -0.05) is 24.3 Å². The van der Waals surface area contributed by atoms with Gasteiger partial charge in [0, 0.05) is 16.1 Å². The van der Waals surface area contributed by atoms with E-state index in [0.29, 0.717) is 17.8 Å². The van der Waals surface area contributed by atoms with Gasteiger partial charge < -0.3 is 4.90 Å². The van der Waals surface area contributed by atoms with Crippen LogP contribution in [-0.4, -0.2) is 5.91 Å². The van der Waals surface area contributed by atoms with E-state index in [1.165, 1.54) is 12.1 Å². The summed E-state index contributed by atoms with van der Waals surface area (Å²) < 4.78 is 13.2. The Labute approximate surface area is 138 Å². The zero-order chi connectivity index (χ0) is 16.2. The van der Waals surface area contributed by atoms with Crippen LogP contribution in [0.5, 0.6) is 0 Å². The lowest BCUT2D eigenvalue weighted by Crippen LogP contribution is -2.30. The van der Waals surface area contributed by atoms with Crippen molar-refractivity contribution in [2.75, 3.05) is 4.90 Å². The molecular formula is C19H16FNOS. The number of anilines is 1. The smallest absolute Gasteiger partial charge is 0.258 e. The third-order valence-corrected chi connectivity index (χ3v) is 4.51. The van der Waals surface area contributed by atoms with Gasteiger partial charge in [-0.25, -0.2) is 4.39 Å². The first-order valence-electron chi connectivity index (χ1n) is 7.30. The molecule has 0 aliphatic rings. The quantitative estimate of drug-likeness (QED) is 0.658. The molecule has 0 atom stereocenters. The predicted molar refractivity (Wildman–Crippen MR) is 92.4 cm³/mol. The number of aryl methyl sites for hydroxylation is 1. The monoisotopic (exact) mass is 325 g/mol. The molecule has 116 valence electrons. The van der Waals surface area contributed by atoms with Crippen molar-refractivity contribution in [3.63, 3.8) is 0 Å². The molecular weight excluding hydrogens is 309 g/mol. The molecule has 3 rings (SSSR count). The molecule has 23 heavy (non-hydrogen) atoms. The lowest BCUT2D eigenvalue weighted by molar-refractivity contribution is 0.0985. The number of rotatable bonds is 4. The van der Waals surface area contributed by atoms with Gasteiger partial charge in [0.1, 0.15) is 5.82 Å².